The molecule has 0 radical (unpaired) electrons. The van der Waals surface area contributed by atoms with E-state index >= 15 is 0 Å². The van der Waals surface area contributed by atoms with E-state index in [1.807, 2.05) is 6.92 Å². The fraction of sp³-hybridized carbons (Fsp3) is 0.421. The summed E-state index contributed by atoms with van der Waals surface area (Å²) in [7, 11) is 0. The predicted molar refractivity (Wildman–Crippen MR) is 92.8 cm³/mol. The number of nitrogens with zero attached hydrogens (tertiary/aromatic N) is 1. The molecule has 0 aliphatic heterocycles. The number of hydrogen-bond donors (Lipinski definition) is 2. The lowest BCUT2D eigenvalue weighted by Crippen LogP contribution is -2.59. The Hall–Kier alpha value is -2.61. The standard InChI is InChI=1S/C19H23N3O2/c1-2-21-18(24)19(12-4-3-5-13-19)22-17(23)11-10-15-6-8-16(14-20)9-7-15/h6-11H,2-5,12-13H2,1H3,(H,21,24)(H,22,23). The normalized spacial score (nSPS) is 16.3. The van der Waals surface area contributed by atoms with Crippen LogP contribution in [0.3, 0.4) is 0 Å². The summed E-state index contributed by atoms with van der Waals surface area (Å²) in [5, 5.41) is 14.5. The van der Waals surface area contributed by atoms with Crippen LogP contribution < -0.4 is 10.6 Å². The van der Waals surface area contributed by atoms with Crippen molar-refractivity contribution in [2.24, 2.45) is 0 Å². The van der Waals surface area contributed by atoms with E-state index in [0.29, 0.717) is 24.9 Å². The third kappa shape index (κ3) is 4.45. The van der Waals surface area contributed by atoms with Gasteiger partial charge in [-0.05, 0) is 43.5 Å². The number of likely N-dealkylation sites (N-methyl/N-ethyl adjacent to an activating group) is 1. The highest BCUT2D eigenvalue weighted by atomic mass is 16.2. The molecule has 0 atom stereocenters. The molecule has 1 aromatic carbocycles. The number of nitriles is 1. The molecule has 0 saturated heterocycles. The Morgan fingerprint density at radius 1 is 1.21 bits per heavy atom. The van der Waals surface area contributed by atoms with Gasteiger partial charge in [-0.3, -0.25) is 9.59 Å². The van der Waals surface area contributed by atoms with Gasteiger partial charge in [0.2, 0.25) is 11.8 Å². The molecule has 5 nitrogen and oxygen atoms in total. The maximum Gasteiger partial charge on any atom is 0.245 e. The minimum atomic E-state index is -0.791. The predicted octanol–water partition coefficient (Wildman–Crippen LogP) is 2.53. The van der Waals surface area contributed by atoms with Crippen LogP contribution in [-0.4, -0.2) is 23.9 Å². The summed E-state index contributed by atoms with van der Waals surface area (Å²) in [6.45, 7) is 2.43. The van der Waals surface area contributed by atoms with Gasteiger partial charge >= 0.3 is 0 Å². The maximum absolute atomic E-state index is 12.4. The molecule has 1 aliphatic carbocycles. The zero-order valence-corrected chi connectivity index (χ0v) is 14.0. The van der Waals surface area contributed by atoms with Gasteiger partial charge in [-0.15, -0.1) is 0 Å². The van der Waals surface area contributed by atoms with E-state index in [-0.39, 0.29) is 11.8 Å². The summed E-state index contributed by atoms with van der Waals surface area (Å²) in [6, 6.07) is 9.02. The first-order chi connectivity index (χ1) is 11.6. The van der Waals surface area contributed by atoms with Crippen molar-refractivity contribution < 1.29 is 9.59 Å². The Bertz CT molecular complexity index is 650. The van der Waals surface area contributed by atoms with Crippen LogP contribution in [0, 0.1) is 11.3 Å². The van der Waals surface area contributed by atoms with Crippen LogP contribution in [0.2, 0.25) is 0 Å². The van der Waals surface area contributed by atoms with Crippen molar-refractivity contribution >= 4 is 17.9 Å². The third-order valence-electron chi connectivity index (χ3n) is 4.31. The maximum atomic E-state index is 12.4. The van der Waals surface area contributed by atoms with Crippen molar-refractivity contribution in [1.82, 2.24) is 10.6 Å². The first kappa shape index (κ1) is 17.7. The molecule has 2 amide bonds. The van der Waals surface area contributed by atoms with Crippen molar-refractivity contribution in [1.29, 1.82) is 5.26 Å². The summed E-state index contributed by atoms with van der Waals surface area (Å²) >= 11 is 0. The second-order valence-corrected chi connectivity index (χ2v) is 6.06. The van der Waals surface area contributed by atoms with Crippen molar-refractivity contribution in [2.45, 2.75) is 44.6 Å². The van der Waals surface area contributed by atoms with Gasteiger partial charge < -0.3 is 10.6 Å². The molecule has 1 aromatic rings. The lowest BCUT2D eigenvalue weighted by molar-refractivity contribution is -0.133. The molecule has 126 valence electrons. The quantitative estimate of drug-likeness (QED) is 0.816. The molecule has 1 saturated carbocycles. The number of carbonyl (C=O) groups is 2. The van der Waals surface area contributed by atoms with Gasteiger partial charge in [0.1, 0.15) is 5.54 Å². The van der Waals surface area contributed by atoms with Crippen LogP contribution in [0.4, 0.5) is 0 Å². The Morgan fingerprint density at radius 3 is 2.46 bits per heavy atom. The first-order valence-electron chi connectivity index (χ1n) is 8.38. The SMILES string of the molecule is CCNC(=O)C1(NC(=O)C=Cc2ccc(C#N)cc2)CCCCC1. The van der Waals surface area contributed by atoms with E-state index in [0.717, 1.165) is 24.8 Å². The Kier molecular flexibility index (Phi) is 6.14. The number of carbonyl (C=O) groups excluding carboxylic acids is 2. The molecular weight excluding hydrogens is 302 g/mol. The largest absolute Gasteiger partial charge is 0.354 e. The molecule has 0 bridgehead atoms. The van der Waals surface area contributed by atoms with E-state index in [4.69, 9.17) is 5.26 Å². The lowest BCUT2D eigenvalue weighted by Gasteiger charge is -2.36. The number of nitrogens with one attached hydrogen (secondary N) is 2. The van der Waals surface area contributed by atoms with Crippen molar-refractivity contribution in [3.63, 3.8) is 0 Å². The van der Waals surface area contributed by atoms with Gasteiger partial charge in [-0.1, -0.05) is 31.4 Å². The highest BCUT2D eigenvalue weighted by Gasteiger charge is 2.40. The summed E-state index contributed by atoms with van der Waals surface area (Å²) in [5.74, 6) is -0.364. The average Bonchev–Trinajstić information content (AvgIpc) is 2.61. The molecular formula is C19H23N3O2. The molecule has 1 fully saturated rings. The van der Waals surface area contributed by atoms with Crippen LogP contribution in [0.1, 0.15) is 50.2 Å². The zero-order chi connectivity index (χ0) is 17.4. The lowest BCUT2D eigenvalue weighted by atomic mass is 9.80. The summed E-state index contributed by atoms with van der Waals surface area (Å²) in [5.41, 5.74) is 0.620. The van der Waals surface area contributed by atoms with E-state index in [1.54, 1.807) is 30.3 Å². The average molecular weight is 325 g/mol. The molecule has 2 N–H and O–H groups in total. The summed E-state index contributed by atoms with van der Waals surface area (Å²) in [6.07, 6.45) is 7.46. The van der Waals surface area contributed by atoms with E-state index in [2.05, 4.69) is 16.7 Å². The van der Waals surface area contributed by atoms with Gasteiger partial charge in [0, 0.05) is 12.6 Å². The molecule has 0 unspecified atom stereocenters. The smallest absolute Gasteiger partial charge is 0.245 e. The molecule has 0 aromatic heterocycles. The molecule has 5 heteroatoms. The zero-order valence-electron chi connectivity index (χ0n) is 14.0. The van der Waals surface area contributed by atoms with Crippen LogP contribution in [0.25, 0.3) is 6.08 Å². The van der Waals surface area contributed by atoms with Crippen LogP contribution in [0.5, 0.6) is 0 Å². The van der Waals surface area contributed by atoms with Gasteiger partial charge in [0.25, 0.3) is 0 Å². The molecule has 2 rings (SSSR count). The van der Waals surface area contributed by atoms with Gasteiger partial charge in [-0.25, -0.2) is 0 Å². The van der Waals surface area contributed by atoms with Gasteiger partial charge in [0.15, 0.2) is 0 Å². The topological polar surface area (TPSA) is 82.0 Å². The number of rotatable bonds is 5. The Balaban J connectivity index is 2.05. The Morgan fingerprint density at radius 2 is 1.88 bits per heavy atom. The van der Waals surface area contributed by atoms with E-state index < -0.39 is 5.54 Å². The van der Waals surface area contributed by atoms with Crippen molar-refractivity contribution in [3.8, 4) is 6.07 Å². The second kappa shape index (κ2) is 8.30. The fourth-order valence-corrected chi connectivity index (χ4v) is 3.01. The molecule has 0 heterocycles. The van der Waals surface area contributed by atoms with Crippen molar-refractivity contribution in [3.05, 3.63) is 41.5 Å². The van der Waals surface area contributed by atoms with E-state index in [1.165, 1.54) is 6.08 Å². The third-order valence-corrected chi connectivity index (χ3v) is 4.31. The van der Waals surface area contributed by atoms with Crippen LogP contribution >= 0.6 is 0 Å². The monoisotopic (exact) mass is 325 g/mol. The van der Waals surface area contributed by atoms with Gasteiger partial charge in [0.05, 0.1) is 11.6 Å². The highest BCUT2D eigenvalue weighted by molar-refractivity contribution is 5.97. The van der Waals surface area contributed by atoms with Crippen LogP contribution in [-0.2, 0) is 9.59 Å². The minimum absolute atomic E-state index is 0.0928. The van der Waals surface area contributed by atoms with Gasteiger partial charge in [-0.2, -0.15) is 5.26 Å². The molecule has 0 spiro atoms. The van der Waals surface area contributed by atoms with Crippen molar-refractivity contribution in [2.75, 3.05) is 6.54 Å². The summed E-state index contributed by atoms with van der Waals surface area (Å²) in [4.78, 5) is 24.7. The number of benzene rings is 1. The van der Waals surface area contributed by atoms with E-state index in [9.17, 15) is 9.59 Å². The van der Waals surface area contributed by atoms with Crippen LogP contribution in [0.15, 0.2) is 30.3 Å². The second-order valence-electron chi connectivity index (χ2n) is 6.06. The first-order valence-corrected chi connectivity index (χ1v) is 8.38. The highest BCUT2D eigenvalue weighted by Crippen LogP contribution is 2.28. The molecule has 1 aliphatic rings. The summed E-state index contributed by atoms with van der Waals surface area (Å²) < 4.78 is 0. The number of hydrogen-bond acceptors (Lipinski definition) is 3. The fourth-order valence-electron chi connectivity index (χ4n) is 3.01. The number of amides is 2. The molecule has 24 heavy (non-hydrogen) atoms. The Labute approximate surface area is 142 Å². The minimum Gasteiger partial charge on any atom is -0.354 e.